The van der Waals surface area contributed by atoms with E-state index in [4.69, 9.17) is 16.3 Å². The van der Waals surface area contributed by atoms with Crippen molar-refractivity contribution in [3.05, 3.63) is 63.2 Å². The number of nitro benzene ring substituents is 1. The van der Waals surface area contributed by atoms with Gasteiger partial charge >= 0.3 is 0 Å². The molecule has 5 nitrogen and oxygen atoms in total. The van der Waals surface area contributed by atoms with Crippen LogP contribution in [0.2, 0.25) is 5.02 Å². The smallest absolute Gasteiger partial charge is 0.273 e. The Morgan fingerprint density at radius 1 is 1.24 bits per heavy atom. The number of ether oxygens (including phenoxy) is 1. The Labute approximate surface area is 127 Å². The SMILES string of the molecule is COc1cc([N+](=O)[O-])ccc1NC(C)c1ccc(Cl)cc1. The van der Waals surface area contributed by atoms with Crippen molar-refractivity contribution < 1.29 is 9.66 Å². The maximum Gasteiger partial charge on any atom is 0.273 e. The summed E-state index contributed by atoms with van der Waals surface area (Å²) in [5.41, 5.74) is 1.75. The largest absolute Gasteiger partial charge is 0.494 e. The maximum absolute atomic E-state index is 10.8. The van der Waals surface area contributed by atoms with Crippen LogP contribution in [0.3, 0.4) is 0 Å². The summed E-state index contributed by atoms with van der Waals surface area (Å²) in [5.74, 6) is 0.435. The first-order valence-electron chi connectivity index (χ1n) is 6.35. The molecular formula is C15H15ClN2O3. The number of hydrogen-bond donors (Lipinski definition) is 1. The Kier molecular flexibility index (Phi) is 4.65. The quantitative estimate of drug-likeness (QED) is 0.655. The first kappa shape index (κ1) is 15.1. The standard InChI is InChI=1S/C15H15ClN2O3/c1-10(11-3-5-12(16)6-4-11)17-14-8-7-13(18(19)20)9-15(14)21-2/h3-10,17H,1-2H3. The molecule has 0 aliphatic carbocycles. The third kappa shape index (κ3) is 3.64. The van der Waals surface area contributed by atoms with Crippen LogP contribution in [-0.2, 0) is 0 Å². The lowest BCUT2D eigenvalue weighted by Crippen LogP contribution is -2.07. The van der Waals surface area contributed by atoms with Gasteiger partial charge in [-0.15, -0.1) is 0 Å². The van der Waals surface area contributed by atoms with Gasteiger partial charge in [0.25, 0.3) is 5.69 Å². The molecule has 0 amide bonds. The molecule has 21 heavy (non-hydrogen) atoms. The second kappa shape index (κ2) is 6.45. The summed E-state index contributed by atoms with van der Waals surface area (Å²) in [7, 11) is 1.48. The number of hydrogen-bond acceptors (Lipinski definition) is 4. The summed E-state index contributed by atoms with van der Waals surface area (Å²) in [6.45, 7) is 1.99. The van der Waals surface area contributed by atoms with Gasteiger partial charge in [-0.3, -0.25) is 10.1 Å². The molecule has 0 aromatic heterocycles. The monoisotopic (exact) mass is 306 g/mol. The highest BCUT2D eigenvalue weighted by atomic mass is 35.5. The molecule has 0 heterocycles. The third-order valence-corrected chi connectivity index (χ3v) is 3.39. The molecule has 0 spiro atoms. The van der Waals surface area contributed by atoms with Crippen LogP contribution in [0.5, 0.6) is 5.75 Å². The van der Waals surface area contributed by atoms with Gasteiger partial charge in [0.1, 0.15) is 5.75 Å². The molecule has 1 unspecified atom stereocenters. The van der Waals surface area contributed by atoms with E-state index >= 15 is 0 Å². The second-order valence-electron chi connectivity index (χ2n) is 4.56. The molecule has 0 aliphatic heterocycles. The van der Waals surface area contributed by atoms with E-state index in [0.29, 0.717) is 16.5 Å². The van der Waals surface area contributed by atoms with Gasteiger partial charge in [0.2, 0.25) is 0 Å². The summed E-state index contributed by atoms with van der Waals surface area (Å²) in [6.07, 6.45) is 0. The van der Waals surface area contributed by atoms with E-state index in [-0.39, 0.29) is 11.7 Å². The van der Waals surface area contributed by atoms with Crippen LogP contribution in [0.15, 0.2) is 42.5 Å². The average molecular weight is 307 g/mol. The van der Waals surface area contributed by atoms with E-state index in [1.807, 2.05) is 31.2 Å². The first-order chi connectivity index (χ1) is 10.0. The predicted molar refractivity (Wildman–Crippen MR) is 83.1 cm³/mol. The van der Waals surface area contributed by atoms with Gasteiger partial charge in [-0.05, 0) is 30.7 Å². The number of halogens is 1. The molecule has 0 saturated heterocycles. The summed E-state index contributed by atoms with van der Waals surface area (Å²) in [6, 6.07) is 12.0. The van der Waals surface area contributed by atoms with Crippen molar-refractivity contribution in [2.45, 2.75) is 13.0 Å². The van der Waals surface area contributed by atoms with Crippen molar-refractivity contribution in [3.63, 3.8) is 0 Å². The minimum atomic E-state index is -0.449. The van der Waals surface area contributed by atoms with Crippen molar-refractivity contribution >= 4 is 23.0 Å². The van der Waals surface area contributed by atoms with E-state index in [2.05, 4.69) is 5.32 Å². The van der Waals surface area contributed by atoms with Gasteiger partial charge in [0.15, 0.2) is 0 Å². The highest BCUT2D eigenvalue weighted by Crippen LogP contribution is 2.31. The molecule has 0 aliphatic rings. The van der Waals surface area contributed by atoms with Crippen molar-refractivity contribution in [1.29, 1.82) is 0 Å². The number of nitrogens with zero attached hydrogens (tertiary/aromatic N) is 1. The zero-order valence-electron chi connectivity index (χ0n) is 11.7. The number of methoxy groups -OCH3 is 1. The molecule has 2 aromatic rings. The fourth-order valence-electron chi connectivity index (χ4n) is 1.98. The molecule has 0 radical (unpaired) electrons. The molecule has 1 N–H and O–H groups in total. The maximum atomic E-state index is 10.8. The Balaban J connectivity index is 2.22. The normalized spacial score (nSPS) is 11.8. The van der Waals surface area contributed by atoms with Crippen LogP contribution in [-0.4, -0.2) is 12.0 Å². The van der Waals surface area contributed by atoms with Crippen molar-refractivity contribution in [2.24, 2.45) is 0 Å². The molecule has 0 fully saturated rings. The lowest BCUT2D eigenvalue weighted by atomic mass is 10.1. The lowest BCUT2D eigenvalue weighted by Gasteiger charge is -2.18. The van der Waals surface area contributed by atoms with Crippen molar-refractivity contribution in [3.8, 4) is 5.75 Å². The summed E-state index contributed by atoms with van der Waals surface area (Å²) in [4.78, 5) is 10.3. The van der Waals surface area contributed by atoms with Crippen LogP contribution in [0.4, 0.5) is 11.4 Å². The molecule has 2 rings (SSSR count). The van der Waals surface area contributed by atoms with E-state index in [1.165, 1.54) is 19.2 Å². The molecule has 6 heteroatoms. The van der Waals surface area contributed by atoms with Crippen molar-refractivity contribution in [2.75, 3.05) is 12.4 Å². The highest BCUT2D eigenvalue weighted by molar-refractivity contribution is 6.30. The number of non-ortho nitro benzene ring substituents is 1. The van der Waals surface area contributed by atoms with Gasteiger partial charge in [-0.1, -0.05) is 23.7 Å². The molecule has 0 bridgehead atoms. The van der Waals surface area contributed by atoms with Crippen LogP contribution in [0.1, 0.15) is 18.5 Å². The zero-order chi connectivity index (χ0) is 15.4. The fourth-order valence-corrected chi connectivity index (χ4v) is 2.11. The van der Waals surface area contributed by atoms with E-state index in [0.717, 1.165) is 5.56 Å². The van der Waals surface area contributed by atoms with Gasteiger partial charge in [-0.2, -0.15) is 0 Å². The van der Waals surface area contributed by atoms with Gasteiger partial charge in [0.05, 0.1) is 23.8 Å². The summed E-state index contributed by atoms with van der Waals surface area (Å²) < 4.78 is 5.20. The van der Waals surface area contributed by atoms with Crippen LogP contribution < -0.4 is 10.1 Å². The van der Waals surface area contributed by atoms with Crippen molar-refractivity contribution in [1.82, 2.24) is 0 Å². The molecule has 0 saturated carbocycles. The van der Waals surface area contributed by atoms with Gasteiger partial charge in [-0.25, -0.2) is 0 Å². The molecule has 2 aromatic carbocycles. The molecule has 110 valence electrons. The average Bonchev–Trinajstić information content (AvgIpc) is 2.48. The number of anilines is 1. The number of nitro groups is 1. The Morgan fingerprint density at radius 2 is 1.90 bits per heavy atom. The molecular weight excluding hydrogens is 292 g/mol. The third-order valence-electron chi connectivity index (χ3n) is 3.14. The fraction of sp³-hybridized carbons (Fsp3) is 0.200. The number of nitrogens with one attached hydrogen (secondary N) is 1. The Morgan fingerprint density at radius 3 is 2.48 bits per heavy atom. The van der Waals surface area contributed by atoms with Crippen LogP contribution >= 0.6 is 11.6 Å². The number of benzene rings is 2. The van der Waals surface area contributed by atoms with Gasteiger partial charge < -0.3 is 10.1 Å². The first-order valence-corrected chi connectivity index (χ1v) is 6.73. The predicted octanol–water partition coefficient (Wildman–Crippen LogP) is 4.43. The highest BCUT2D eigenvalue weighted by Gasteiger charge is 2.13. The van der Waals surface area contributed by atoms with E-state index in [1.54, 1.807) is 6.07 Å². The summed E-state index contributed by atoms with van der Waals surface area (Å²) >= 11 is 5.87. The zero-order valence-corrected chi connectivity index (χ0v) is 12.4. The summed E-state index contributed by atoms with van der Waals surface area (Å²) in [5, 5.41) is 14.7. The van der Waals surface area contributed by atoms with E-state index < -0.39 is 4.92 Å². The van der Waals surface area contributed by atoms with E-state index in [9.17, 15) is 10.1 Å². The molecule has 1 atom stereocenters. The lowest BCUT2D eigenvalue weighted by molar-refractivity contribution is -0.384. The van der Waals surface area contributed by atoms with Crippen LogP contribution in [0, 0.1) is 10.1 Å². The Hall–Kier alpha value is -2.27. The number of rotatable bonds is 5. The Bertz CT molecular complexity index is 644. The van der Waals surface area contributed by atoms with Gasteiger partial charge in [0, 0.05) is 17.1 Å². The topological polar surface area (TPSA) is 64.4 Å². The second-order valence-corrected chi connectivity index (χ2v) is 5.00. The minimum absolute atomic E-state index is 0.00320. The minimum Gasteiger partial charge on any atom is -0.494 e. The van der Waals surface area contributed by atoms with Crippen LogP contribution in [0.25, 0.3) is 0 Å².